The molecule has 0 radical (unpaired) electrons. The second-order valence-electron chi connectivity index (χ2n) is 2.90. The summed E-state index contributed by atoms with van der Waals surface area (Å²) < 4.78 is 0. The predicted molar refractivity (Wildman–Crippen MR) is 56.7 cm³/mol. The fourth-order valence-electron chi connectivity index (χ4n) is 0.921. The lowest BCUT2D eigenvalue weighted by atomic mass is 10.2. The van der Waals surface area contributed by atoms with Crippen molar-refractivity contribution >= 4 is 11.5 Å². The van der Waals surface area contributed by atoms with Crippen molar-refractivity contribution in [2.75, 3.05) is 12.0 Å². The first kappa shape index (κ1) is 10.3. The van der Waals surface area contributed by atoms with Crippen LogP contribution < -0.4 is 10.9 Å². The second-order valence-corrected chi connectivity index (χ2v) is 2.90. The van der Waals surface area contributed by atoms with E-state index in [0.29, 0.717) is 6.54 Å². The molecular weight excluding hydrogens is 176 g/mol. The van der Waals surface area contributed by atoms with Crippen LogP contribution in [0.15, 0.2) is 24.3 Å². The summed E-state index contributed by atoms with van der Waals surface area (Å²) >= 11 is 0. The van der Waals surface area contributed by atoms with Crippen LogP contribution in [0.25, 0.3) is 0 Å². The number of carbonyl (C=O) groups is 1. The van der Waals surface area contributed by atoms with Crippen LogP contribution in [-0.2, 0) is 4.79 Å². The van der Waals surface area contributed by atoms with Gasteiger partial charge in [0, 0.05) is 11.3 Å². The second kappa shape index (κ2) is 5.05. The first-order chi connectivity index (χ1) is 6.72. The third kappa shape index (κ3) is 3.30. The Bertz CT molecular complexity index is 349. The molecule has 1 aromatic rings. The summed E-state index contributed by atoms with van der Waals surface area (Å²) in [6, 6.07) is 7.36. The maximum absolute atomic E-state index is 10.6. The van der Waals surface area contributed by atoms with Gasteiger partial charge in [0.2, 0.25) is 0 Å². The lowest BCUT2D eigenvalue weighted by molar-refractivity contribution is -0.116. The third-order valence-electron chi connectivity index (χ3n) is 1.62. The van der Waals surface area contributed by atoms with Gasteiger partial charge < -0.3 is 5.43 Å². The molecule has 0 aromatic heterocycles. The Labute approximate surface area is 83.5 Å². The van der Waals surface area contributed by atoms with E-state index < -0.39 is 0 Å². The van der Waals surface area contributed by atoms with E-state index in [1.807, 2.05) is 24.3 Å². The van der Waals surface area contributed by atoms with Gasteiger partial charge in [0.1, 0.15) is 5.78 Å². The van der Waals surface area contributed by atoms with E-state index in [1.165, 1.54) is 6.92 Å². The number of terminal acetylenes is 1. The highest BCUT2D eigenvalue weighted by Gasteiger charge is 1.93. The van der Waals surface area contributed by atoms with Crippen LogP contribution in [0, 0.1) is 12.3 Å². The van der Waals surface area contributed by atoms with E-state index in [4.69, 9.17) is 6.42 Å². The number of benzene rings is 1. The van der Waals surface area contributed by atoms with Gasteiger partial charge in [0.15, 0.2) is 0 Å². The number of anilines is 1. The molecule has 3 nitrogen and oxygen atoms in total. The van der Waals surface area contributed by atoms with E-state index in [0.717, 1.165) is 11.3 Å². The molecule has 0 aliphatic rings. The number of ketones is 1. The first-order valence-electron chi connectivity index (χ1n) is 4.27. The van der Waals surface area contributed by atoms with Gasteiger partial charge in [-0.25, -0.2) is 5.43 Å². The number of hydrogen-bond donors (Lipinski definition) is 2. The largest absolute Gasteiger partial charge is 0.321 e. The Morgan fingerprint density at radius 2 is 2.07 bits per heavy atom. The average molecular weight is 188 g/mol. The van der Waals surface area contributed by atoms with Crippen LogP contribution in [0.5, 0.6) is 0 Å². The maximum Gasteiger partial charge on any atom is 0.145 e. The van der Waals surface area contributed by atoms with Gasteiger partial charge in [-0.1, -0.05) is 5.92 Å². The highest BCUT2D eigenvalue weighted by Crippen LogP contribution is 2.06. The number of Topliss-reactive ketones (excluding diaryl/α,β-unsaturated/α-hetero) is 1. The average Bonchev–Trinajstić information content (AvgIpc) is 2.18. The number of rotatable bonds is 4. The first-order valence-corrected chi connectivity index (χ1v) is 4.27. The lowest BCUT2D eigenvalue weighted by Gasteiger charge is -2.06. The van der Waals surface area contributed by atoms with Gasteiger partial charge in [-0.15, -0.1) is 6.42 Å². The number of hydrogen-bond acceptors (Lipinski definition) is 3. The maximum atomic E-state index is 10.6. The molecule has 72 valence electrons. The zero-order valence-electron chi connectivity index (χ0n) is 8.00. The molecule has 0 bridgehead atoms. The Hall–Kier alpha value is -1.79. The summed E-state index contributed by atoms with van der Waals surface area (Å²) in [4.78, 5) is 10.6. The minimum atomic E-state index is 0.0812. The smallest absolute Gasteiger partial charge is 0.145 e. The van der Waals surface area contributed by atoms with Crippen LogP contribution >= 0.6 is 0 Å². The fourth-order valence-corrected chi connectivity index (χ4v) is 0.921. The molecule has 0 saturated heterocycles. The topological polar surface area (TPSA) is 41.1 Å². The lowest BCUT2D eigenvalue weighted by Crippen LogP contribution is -2.26. The predicted octanol–water partition coefficient (Wildman–Crippen LogP) is 1.17. The Kier molecular flexibility index (Phi) is 3.71. The molecule has 0 unspecified atom stereocenters. The van der Waals surface area contributed by atoms with Gasteiger partial charge in [-0.3, -0.25) is 4.79 Å². The van der Waals surface area contributed by atoms with E-state index >= 15 is 0 Å². The molecule has 14 heavy (non-hydrogen) atoms. The van der Waals surface area contributed by atoms with Gasteiger partial charge >= 0.3 is 0 Å². The van der Waals surface area contributed by atoms with Crippen LogP contribution in [0.3, 0.4) is 0 Å². The summed E-state index contributed by atoms with van der Waals surface area (Å²) in [6.07, 6.45) is 5.21. The van der Waals surface area contributed by atoms with Crippen LogP contribution in [0.4, 0.5) is 5.69 Å². The van der Waals surface area contributed by atoms with E-state index in [1.54, 1.807) is 0 Å². The van der Waals surface area contributed by atoms with Crippen molar-refractivity contribution in [1.29, 1.82) is 0 Å². The molecule has 0 saturated carbocycles. The molecule has 0 amide bonds. The minimum absolute atomic E-state index is 0.0812. The summed E-state index contributed by atoms with van der Waals surface area (Å²) in [5, 5.41) is 0. The molecule has 2 N–H and O–H groups in total. The van der Waals surface area contributed by atoms with Crippen molar-refractivity contribution in [2.24, 2.45) is 0 Å². The standard InChI is InChI=1S/C11H12N2O/c1-3-10-4-6-11(7-5-10)13-12-8-9(2)14/h1,4-7,12-13H,8H2,2H3. The minimum Gasteiger partial charge on any atom is -0.321 e. The highest BCUT2D eigenvalue weighted by atomic mass is 16.1. The van der Waals surface area contributed by atoms with Crippen LogP contribution in [0.1, 0.15) is 12.5 Å². The van der Waals surface area contributed by atoms with Gasteiger partial charge in [0.25, 0.3) is 0 Å². The van der Waals surface area contributed by atoms with Crippen molar-refractivity contribution in [3.05, 3.63) is 29.8 Å². The molecule has 0 aliphatic carbocycles. The third-order valence-corrected chi connectivity index (χ3v) is 1.62. The van der Waals surface area contributed by atoms with Crippen LogP contribution in [0.2, 0.25) is 0 Å². The molecule has 1 rings (SSSR count). The Balaban J connectivity index is 2.45. The monoisotopic (exact) mass is 188 g/mol. The van der Waals surface area contributed by atoms with Crippen molar-refractivity contribution in [3.8, 4) is 12.3 Å². The zero-order valence-corrected chi connectivity index (χ0v) is 8.00. The molecule has 0 spiro atoms. The number of hydrazine groups is 1. The number of carbonyl (C=O) groups excluding carboxylic acids is 1. The molecule has 1 aromatic carbocycles. The Morgan fingerprint density at radius 3 is 2.57 bits per heavy atom. The van der Waals surface area contributed by atoms with E-state index in [2.05, 4.69) is 16.8 Å². The molecule has 0 heterocycles. The quantitative estimate of drug-likeness (QED) is 0.550. The van der Waals surface area contributed by atoms with E-state index in [9.17, 15) is 4.79 Å². The SMILES string of the molecule is C#Cc1ccc(NNCC(C)=O)cc1. The van der Waals surface area contributed by atoms with Gasteiger partial charge in [-0.2, -0.15) is 0 Å². The molecule has 3 heteroatoms. The highest BCUT2D eigenvalue weighted by molar-refractivity contribution is 5.77. The normalized spacial score (nSPS) is 9.14. The summed E-state index contributed by atoms with van der Waals surface area (Å²) in [5.74, 6) is 2.61. The van der Waals surface area contributed by atoms with Crippen molar-refractivity contribution < 1.29 is 4.79 Å². The van der Waals surface area contributed by atoms with Crippen molar-refractivity contribution in [1.82, 2.24) is 5.43 Å². The molecule has 0 atom stereocenters. The Morgan fingerprint density at radius 1 is 1.43 bits per heavy atom. The molecular formula is C11H12N2O. The van der Waals surface area contributed by atoms with Crippen molar-refractivity contribution in [3.63, 3.8) is 0 Å². The summed E-state index contributed by atoms with van der Waals surface area (Å²) in [6.45, 7) is 1.83. The zero-order chi connectivity index (χ0) is 10.4. The van der Waals surface area contributed by atoms with Gasteiger partial charge in [0.05, 0.1) is 6.54 Å². The van der Waals surface area contributed by atoms with Crippen LogP contribution in [-0.4, -0.2) is 12.3 Å². The molecule has 0 fully saturated rings. The van der Waals surface area contributed by atoms with Crippen molar-refractivity contribution in [2.45, 2.75) is 6.92 Å². The van der Waals surface area contributed by atoms with E-state index in [-0.39, 0.29) is 5.78 Å². The molecule has 0 aliphatic heterocycles. The van der Waals surface area contributed by atoms with Gasteiger partial charge in [-0.05, 0) is 31.2 Å². The summed E-state index contributed by atoms with van der Waals surface area (Å²) in [5.41, 5.74) is 7.39. The fraction of sp³-hybridized carbons (Fsp3) is 0.182. The number of nitrogens with one attached hydrogen (secondary N) is 2. The summed E-state index contributed by atoms with van der Waals surface area (Å²) in [7, 11) is 0.